The van der Waals surface area contributed by atoms with Gasteiger partial charge in [0.25, 0.3) is 5.91 Å². The minimum absolute atomic E-state index is 0.142. The second-order valence-electron chi connectivity index (χ2n) is 4.17. The van der Waals surface area contributed by atoms with Crippen molar-refractivity contribution in [3.8, 4) is 0 Å². The zero-order valence-corrected chi connectivity index (χ0v) is 13.1. The first-order chi connectivity index (χ1) is 10.1. The molecule has 1 fully saturated rings. The smallest absolute Gasteiger partial charge is 0.307 e. The molecule has 2 rings (SSSR count). The average molecular weight is 322 g/mol. The van der Waals surface area contributed by atoms with E-state index < -0.39 is 0 Å². The molecule has 5 nitrogen and oxygen atoms in total. The SMILES string of the molecule is CCOC(=O)CCN1C(=O)/C(=C/c2ccncc2)SC1=S. The minimum Gasteiger partial charge on any atom is -0.466 e. The summed E-state index contributed by atoms with van der Waals surface area (Å²) in [5, 5.41) is 0. The van der Waals surface area contributed by atoms with Crippen molar-refractivity contribution in [1.29, 1.82) is 0 Å². The summed E-state index contributed by atoms with van der Waals surface area (Å²) >= 11 is 6.43. The standard InChI is InChI=1S/C14H14N2O3S2/c1-2-19-12(17)5-8-16-13(18)11(21-14(16)20)9-10-3-6-15-7-4-10/h3-4,6-7,9H,2,5,8H2,1H3/b11-9-. The largest absolute Gasteiger partial charge is 0.466 e. The molecule has 1 aliphatic heterocycles. The summed E-state index contributed by atoms with van der Waals surface area (Å²) in [6, 6.07) is 3.62. The Hall–Kier alpha value is -1.73. The van der Waals surface area contributed by atoms with Crippen LogP contribution < -0.4 is 0 Å². The van der Waals surface area contributed by atoms with Gasteiger partial charge in [0.1, 0.15) is 4.32 Å². The summed E-state index contributed by atoms with van der Waals surface area (Å²) in [6.07, 6.45) is 5.23. The molecule has 0 radical (unpaired) electrons. The number of hydrogen-bond acceptors (Lipinski definition) is 6. The van der Waals surface area contributed by atoms with Crippen LogP contribution in [0.4, 0.5) is 0 Å². The molecule has 110 valence electrons. The normalized spacial score (nSPS) is 16.6. The minimum atomic E-state index is -0.329. The lowest BCUT2D eigenvalue weighted by molar-refractivity contribution is -0.143. The van der Waals surface area contributed by atoms with Gasteiger partial charge in [-0.15, -0.1) is 0 Å². The maximum absolute atomic E-state index is 12.3. The predicted octanol–water partition coefficient (Wildman–Crippen LogP) is 2.24. The molecule has 7 heteroatoms. The number of esters is 1. The van der Waals surface area contributed by atoms with Gasteiger partial charge in [0.05, 0.1) is 17.9 Å². The van der Waals surface area contributed by atoms with Gasteiger partial charge in [-0.3, -0.25) is 19.5 Å². The summed E-state index contributed by atoms with van der Waals surface area (Å²) in [4.78, 5) is 29.5. The Morgan fingerprint density at radius 3 is 2.86 bits per heavy atom. The molecule has 21 heavy (non-hydrogen) atoms. The molecule has 2 heterocycles. The first kappa shape index (κ1) is 15.7. The Bertz CT molecular complexity index is 587. The highest BCUT2D eigenvalue weighted by molar-refractivity contribution is 8.26. The number of ether oxygens (including phenoxy) is 1. The highest BCUT2D eigenvalue weighted by Gasteiger charge is 2.32. The predicted molar refractivity (Wildman–Crippen MR) is 85.4 cm³/mol. The molecule has 0 bridgehead atoms. The summed E-state index contributed by atoms with van der Waals surface area (Å²) < 4.78 is 5.31. The van der Waals surface area contributed by atoms with Gasteiger partial charge < -0.3 is 4.74 Å². The number of nitrogens with zero attached hydrogens (tertiary/aromatic N) is 2. The summed E-state index contributed by atoms with van der Waals surface area (Å²) in [5.74, 6) is -0.504. The highest BCUT2D eigenvalue weighted by atomic mass is 32.2. The second kappa shape index (κ2) is 7.33. The van der Waals surface area contributed by atoms with E-state index in [1.54, 1.807) is 25.4 Å². The molecule has 0 atom stereocenters. The van der Waals surface area contributed by atoms with Crippen molar-refractivity contribution < 1.29 is 14.3 Å². The number of thioether (sulfide) groups is 1. The fraction of sp³-hybridized carbons (Fsp3) is 0.286. The first-order valence-electron chi connectivity index (χ1n) is 6.43. The molecule has 0 aromatic carbocycles. The lowest BCUT2D eigenvalue weighted by Crippen LogP contribution is -2.30. The van der Waals surface area contributed by atoms with Gasteiger partial charge in [0.2, 0.25) is 0 Å². The van der Waals surface area contributed by atoms with Gasteiger partial charge in [-0.1, -0.05) is 24.0 Å². The summed E-state index contributed by atoms with van der Waals surface area (Å²) in [5.41, 5.74) is 0.885. The van der Waals surface area contributed by atoms with E-state index in [0.29, 0.717) is 15.8 Å². The fourth-order valence-electron chi connectivity index (χ4n) is 1.74. The van der Waals surface area contributed by atoms with Crippen molar-refractivity contribution in [3.63, 3.8) is 0 Å². The van der Waals surface area contributed by atoms with Crippen LogP contribution in [0.3, 0.4) is 0 Å². The molecule has 1 aromatic rings. The van der Waals surface area contributed by atoms with Crippen molar-refractivity contribution in [2.45, 2.75) is 13.3 Å². The molecule has 1 aliphatic rings. The Morgan fingerprint density at radius 2 is 2.19 bits per heavy atom. The van der Waals surface area contributed by atoms with Gasteiger partial charge in [-0.2, -0.15) is 0 Å². The zero-order chi connectivity index (χ0) is 15.2. The molecule has 0 saturated carbocycles. The molecule has 1 amide bonds. The molecule has 0 aliphatic carbocycles. The quantitative estimate of drug-likeness (QED) is 0.471. The molecule has 0 N–H and O–H groups in total. The van der Waals surface area contributed by atoms with E-state index in [2.05, 4.69) is 4.98 Å². The summed E-state index contributed by atoms with van der Waals surface area (Å²) in [7, 11) is 0. The fourth-order valence-corrected chi connectivity index (χ4v) is 3.05. The second-order valence-corrected chi connectivity index (χ2v) is 5.84. The van der Waals surface area contributed by atoms with Crippen LogP contribution in [0.2, 0.25) is 0 Å². The van der Waals surface area contributed by atoms with Crippen LogP contribution in [-0.2, 0) is 14.3 Å². The van der Waals surface area contributed by atoms with Gasteiger partial charge in [0.15, 0.2) is 0 Å². The van der Waals surface area contributed by atoms with Crippen LogP contribution >= 0.6 is 24.0 Å². The maximum Gasteiger partial charge on any atom is 0.307 e. The van der Waals surface area contributed by atoms with E-state index in [0.717, 1.165) is 5.56 Å². The van der Waals surface area contributed by atoms with Crippen molar-refractivity contribution in [2.75, 3.05) is 13.2 Å². The van der Waals surface area contributed by atoms with Gasteiger partial charge >= 0.3 is 5.97 Å². The molecule has 1 saturated heterocycles. The average Bonchev–Trinajstić information content (AvgIpc) is 2.73. The third-order valence-electron chi connectivity index (χ3n) is 2.72. The van der Waals surface area contributed by atoms with Gasteiger partial charge in [0, 0.05) is 18.9 Å². The number of thiocarbonyl (C=S) groups is 1. The molecule has 0 unspecified atom stereocenters. The van der Waals surface area contributed by atoms with Crippen molar-refractivity contribution in [3.05, 3.63) is 35.0 Å². The van der Waals surface area contributed by atoms with Crippen molar-refractivity contribution in [1.82, 2.24) is 9.88 Å². The third-order valence-corrected chi connectivity index (χ3v) is 4.10. The summed E-state index contributed by atoms with van der Waals surface area (Å²) in [6.45, 7) is 2.32. The van der Waals surface area contributed by atoms with Crippen LogP contribution in [0.5, 0.6) is 0 Å². The lowest BCUT2D eigenvalue weighted by atomic mass is 10.2. The van der Waals surface area contributed by atoms with Crippen LogP contribution in [-0.4, -0.2) is 39.2 Å². The third kappa shape index (κ3) is 4.12. The number of carbonyl (C=O) groups excluding carboxylic acids is 2. The molecular weight excluding hydrogens is 308 g/mol. The highest BCUT2D eigenvalue weighted by Crippen LogP contribution is 2.32. The van der Waals surface area contributed by atoms with Crippen molar-refractivity contribution >= 4 is 46.3 Å². The Kier molecular flexibility index (Phi) is 5.46. The van der Waals surface area contributed by atoms with E-state index >= 15 is 0 Å². The van der Waals surface area contributed by atoms with Crippen LogP contribution in [0.25, 0.3) is 6.08 Å². The van der Waals surface area contributed by atoms with Crippen molar-refractivity contribution in [2.24, 2.45) is 0 Å². The lowest BCUT2D eigenvalue weighted by Gasteiger charge is -2.13. The van der Waals surface area contributed by atoms with E-state index in [9.17, 15) is 9.59 Å². The molecule has 0 spiro atoms. The Balaban J connectivity index is 2.03. The van der Waals surface area contributed by atoms with Crippen LogP contribution in [0.15, 0.2) is 29.4 Å². The topological polar surface area (TPSA) is 59.5 Å². The maximum atomic E-state index is 12.3. The molecule has 1 aromatic heterocycles. The molecular formula is C14H14N2O3S2. The van der Waals surface area contributed by atoms with E-state index in [1.807, 2.05) is 12.1 Å². The zero-order valence-electron chi connectivity index (χ0n) is 11.4. The van der Waals surface area contributed by atoms with Gasteiger partial charge in [-0.05, 0) is 30.7 Å². The number of carbonyl (C=O) groups is 2. The monoisotopic (exact) mass is 322 g/mol. The van der Waals surface area contributed by atoms with Crippen LogP contribution in [0.1, 0.15) is 18.9 Å². The van der Waals surface area contributed by atoms with Crippen LogP contribution in [0, 0.1) is 0 Å². The number of amides is 1. The first-order valence-corrected chi connectivity index (χ1v) is 7.65. The number of pyridine rings is 1. The Morgan fingerprint density at radius 1 is 1.48 bits per heavy atom. The number of aromatic nitrogens is 1. The number of rotatable bonds is 5. The number of hydrogen-bond donors (Lipinski definition) is 0. The van der Waals surface area contributed by atoms with Gasteiger partial charge in [-0.25, -0.2) is 0 Å². The van der Waals surface area contributed by atoms with E-state index in [1.165, 1.54) is 16.7 Å². The Labute approximate surface area is 132 Å². The van der Waals surface area contributed by atoms with E-state index in [4.69, 9.17) is 17.0 Å². The van der Waals surface area contributed by atoms with E-state index in [-0.39, 0.29) is 24.8 Å².